The van der Waals surface area contributed by atoms with Crippen LogP contribution in [0, 0.1) is 5.92 Å². The molecule has 0 radical (unpaired) electrons. The highest BCUT2D eigenvalue weighted by atomic mass is 19.3. The van der Waals surface area contributed by atoms with Gasteiger partial charge in [-0.05, 0) is 12.8 Å². The lowest BCUT2D eigenvalue weighted by Gasteiger charge is -2.35. The maximum atomic E-state index is 12.9. The molecule has 1 atom stereocenters. The molecular formula is C15H21F2N3O3. The van der Waals surface area contributed by atoms with Crippen LogP contribution in [0.5, 0.6) is 5.88 Å². The Kier molecular flexibility index (Phi) is 3.49. The number of nitrogen functional groups attached to an aromatic ring is 1. The fraction of sp³-hybridized carbons (Fsp3) is 0.800. The predicted molar refractivity (Wildman–Crippen MR) is 77.3 cm³/mol. The minimum atomic E-state index is -2.59. The van der Waals surface area contributed by atoms with E-state index in [2.05, 4.69) is 5.10 Å². The number of rotatable bonds is 4. The number of nitrogens with zero attached hydrogens (tertiary/aromatic N) is 2. The number of hydrogen-bond acceptors (Lipinski definition) is 5. The first-order chi connectivity index (χ1) is 11.0. The third-order valence-electron chi connectivity index (χ3n) is 5.01. The third kappa shape index (κ3) is 2.89. The average molecular weight is 329 g/mol. The second-order valence-corrected chi connectivity index (χ2v) is 6.68. The molecule has 0 unspecified atom stereocenters. The molecule has 8 heteroatoms. The summed E-state index contributed by atoms with van der Waals surface area (Å²) in [5, 5.41) is 4.34. The number of ether oxygens (including phenoxy) is 3. The summed E-state index contributed by atoms with van der Waals surface area (Å²) in [5.74, 6) is -3.46. The van der Waals surface area contributed by atoms with Crippen molar-refractivity contribution in [2.75, 3.05) is 25.6 Å². The van der Waals surface area contributed by atoms with Crippen LogP contribution < -0.4 is 10.5 Å². The van der Waals surface area contributed by atoms with Crippen molar-refractivity contribution in [2.45, 2.75) is 49.9 Å². The molecular weight excluding hydrogens is 308 g/mol. The van der Waals surface area contributed by atoms with Crippen LogP contribution in [-0.4, -0.2) is 41.3 Å². The third-order valence-corrected chi connectivity index (χ3v) is 5.01. The van der Waals surface area contributed by atoms with Crippen LogP contribution in [0.3, 0.4) is 0 Å². The van der Waals surface area contributed by atoms with Crippen LogP contribution in [0.1, 0.15) is 38.1 Å². The van der Waals surface area contributed by atoms with Gasteiger partial charge in [0.05, 0.1) is 38.0 Å². The predicted octanol–water partition coefficient (Wildman–Crippen LogP) is 2.36. The molecule has 1 aliphatic heterocycles. The zero-order chi connectivity index (χ0) is 16.1. The molecule has 0 amide bonds. The second-order valence-electron chi connectivity index (χ2n) is 6.68. The molecule has 4 rings (SSSR count). The van der Waals surface area contributed by atoms with Crippen LogP contribution in [0.4, 0.5) is 14.5 Å². The van der Waals surface area contributed by atoms with Crippen molar-refractivity contribution in [3.63, 3.8) is 0 Å². The first-order valence-corrected chi connectivity index (χ1v) is 8.11. The fourth-order valence-electron chi connectivity index (χ4n) is 3.41. The largest absolute Gasteiger partial charge is 0.475 e. The van der Waals surface area contributed by atoms with Crippen molar-refractivity contribution >= 4 is 5.69 Å². The zero-order valence-electron chi connectivity index (χ0n) is 12.8. The second kappa shape index (κ2) is 5.31. The summed E-state index contributed by atoms with van der Waals surface area (Å²) in [4.78, 5) is 0. The highest BCUT2D eigenvalue weighted by Gasteiger charge is 2.57. The molecule has 0 bridgehead atoms. The average Bonchev–Trinajstić information content (AvgIpc) is 2.88. The monoisotopic (exact) mass is 329 g/mol. The summed E-state index contributed by atoms with van der Waals surface area (Å²) < 4.78 is 44.4. The van der Waals surface area contributed by atoms with Crippen molar-refractivity contribution in [2.24, 2.45) is 5.92 Å². The van der Waals surface area contributed by atoms with Gasteiger partial charge in [0.2, 0.25) is 0 Å². The van der Waals surface area contributed by atoms with E-state index in [4.69, 9.17) is 19.9 Å². The molecule has 0 aromatic carbocycles. The van der Waals surface area contributed by atoms with Gasteiger partial charge in [0.1, 0.15) is 5.69 Å². The van der Waals surface area contributed by atoms with E-state index in [1.165, 1.54) is 0 Å². The first-order valence-electron chi connectivity index (χ1n) is 8.11. The Balaban J connectivity index is 1.35. The van der Waals surface area contributed by atoms with Crippen LogP contribution >= 0.6 is 0 Å². The molecule has 2 aliphatic carbocycles. The number of anilines is 1. The quantitative estimate of drug-likeness (QED) is 0.918. The molecule has 1 aromatic rings. The first kappa shape index (κ1) is 15.1. The lowest BCUT2D eigenvalue weighted by Crippen LogP contribution is -2.35. The van der Waals surface area contributed by atoms with Gasteiger partial charge in [-0.15, -0.1) is 5.10 Å². The van der Waals surface area contributed by atoms with Crippen molar-refractivity contribution in [1.29, 1.82) is 0 Å². The lowest BCUT2D eigenvalue weighted by atomic mass is 9.90. The molecule has 1 aromatic heterocycles. The molecule has 2 heterocycles. The Morgan fingerprint density at radius 3 is 2.57 bits per heavy atom. The maximum absolute atomic E-state index is 12.9. The minimum Gasteiger partial charge on any atom is -0.475 e. The molecule has 3 fully saturated rings. The number of alkyl halides is 2. The van der Waals surface area contributed by atoms with Crippen molar-refractivity contribution < 1.29 is 23.0 Å². The van der Waals surface area contributed by atoms with E-state index in [-0.39, 0.29) is 24.9 Å². The highest BCUT2D eigenvalue weighted by molar-refractivity contribution is 5.46. The Hall–Kier alpha value is -1.41. The van der Waals surface area contributed by atoms with E-state index >= 15 is 0 Å². The van der Waals surface area contributed by atoms with Crippen LogP contribution in [0.2, 0.25) is 0 Å². The SMILES string of the molecule is Nc1cn(C2CCC3(CC2)OCCO3)nc1OC[C@@H]1CC1(F)F. The molecule has 1 saturated heterocycles. The van der Waals surface area contributed by atoms with E-state index < -0.39 is 17.6 Å². The van der Waals surface area contributed by atoms with E-state index in [0.29, 0.717) is 18.9 Å². The van der Waals surface area contributed by atoms with Crippen LogP contribution in [-0.2, 0) is 9.47 Å². The van der Waals surface area contributed by atoms with Gasteiger partial charge in [0.25, 0.3) is 11.8 Å². The van der Waals surface area contributed by atoms with Gasteiger partial charge < -0.3 is 19.9 Å². The van der Waals surface area contributed by atoms with Gasteiger partial charge in [0, 0.05) is 19.3 Å². The molecule has 128 valence electrons. The van der Waals surface area contributed by atoms with Gasteiger partial charge in [-0.1, -0.05) is 0 Å². The number of hydrogen-bond donors (Lipinski definition) is 1. The van der Waals surface area contributed by atoms with Crippen molar-refractivity contribution in [1.82, 2.24) is 9.78 Å². The zero-order valence-corrected chi connectivity index (χ0v) is 12.8. The summed E-state index contributed by atoms with van der Waals surface area (Å²) in [6.07, 6.45) is 5.00. The minimum absolute atomic E-state index is 0.0380. The summed E-state index contributed by atoms with van der Waals surface area (Å²) >= 11 is 0. The topological polar surface area (TPSA) is 71.5 Å². The Bertz CT molecular complexity index is 577. The summed E-state index contributed by atoms with van der Waals surface area (Å²) in [6, 6.07) is 0.204. The van der Waals surface area contributed by atoms with E-state index in [1.54, 1.807) is 10.9 Å². The number of aromatic nitrogens is 2. The Morgan fingerprint density at radius 1 is 1.30 bits per heavy atom. The molecule has 3 aliphatic rings. The highest BCUT2D eigenvalue weighted by Crippen LogP contribution is 2.48. The normalized spacial score (nSPS) is 29.0. The van der Waals surface area contributed by atoms with Crippen LogP contribution in [0.15, 0.2) is 6.20 Å². The smallest absolute Gasteiger partial charge is 0.256 e. The summed E-state index contributed by atoms with van der Waals surface area (Å²) in [5.41, 5.74) is 6.28. The summed E-state index contributed by atoms with van der Waals surface area (Å²) in [7, 11) is 0. The van der Waals surface area contributed by atoms with Gasteiger partial charge in [-0.2, -0.15) is 0 Å². The Labute approximate surface area is 132 Å². The fourth-order valence-corrected chi connectivity index (χ4v) is 3.41. The molecule has 6 nitrogen and oxygen atoms in total. The van der Waals surface area contributed by atoms with Gasteiger partial charge in [-0.25, -0.2) is 8.78 Å². The van der Waals surface area contributed by atoms with Crippen molar-refractivity contribution in [3.05, 3.63) is 6.20 Å². The summed E-state index contributed by atoms with van der Waals surface area (Å²) in [6.45, 7) is 1.27. The standard InChI is InChI=1S/C15H21F2N3O3/c16-15(17)7-10(15)9-21-13-12(18)8-20(19-13)11-1-3-14(4-2-11)22-5-6-23-14/h8,10-11H,1-7,9,18H2/t10-/m0/s1. The van der Waals surface area contributed by atoms with E-state index in [9.17, 15) is 8.78 Å². The molecule has 2 saturated carbocycles. The van der Waals surface area contributed by atoms with Gasteiger partial charge in [-0.3, -0.25) is 4.68 Å². The molecule has 1 spiro atoms. The number of halogens is 2. The van der Waals surface area contributed by atoms with Crippen molar-refractivity contribution in [3.8, 4) is 5.88 Å². The lowest BCUT2D eigenvalue weighted by molar-refractivity contribution is -0.181. The number of nitrogens with two attached hydrogens (primary N) is 1. The molecule has 23 heavy (non-hydrogen) atoms. The van der Waals surface area contributed by atoms with Crippen LogP contribution in [0.25, 0.3) is 0 Å². The van der Waals surface area contributed by atoms with E-state index in [0.717, 1.165) is 25.7 Å². The Morgan fingerprint density at radius 2 is 1.96 bits per heavy atom. The molecule has 2 N–H and O–H groups in total. The van der Waals surface area contributed by atoms with E-state index in [1.807, 2.05) is 0 Å². The van der Waals surface area contributed by atoms with Gasteiger partial charge >= 0.3 is 0 Å². The maximum Gasteiger partial charge on any atom is 0.256 e. The van der Waals surface area contributed by atoms with Gasteiger partial charge in [0.15, 0.2) is 5.79 Å².